The molecule has 0 saturated carbocycles. The third-order valence-electron chi connectivity index (χ3n) is 1.86. The van der Waals surface area contributed by atoms with Gasteiger partial charge in [0.2, 0.25) is 0 Å². The van der Waals surface area contributed by atoms with E-state index >= 15 is 0 Å². The van der Waals surface area contributed by atoms with Crippen LogP contribution in [0.15, 0.2) is 17.5 Å². The van der Waals surface area contributed by atoms with E-state index in [4.69, 9.17) is 9.84 Å². The fourth-order valence-electron chi connectivity index (χ4n) is 1.11. The molecule has 1 unspecified atom stereocenters. The largest absolute Gasteiger partial charge is 0.481 e. The molecule has 0 aromatic carbocycles. The molecular weight excluding hydrogens is 216 g/mol. The van der Waals surface area contributed by atoms with Crippen LogP contribution >= 0.6 is 11.3 Å². The maximum atomic E-state index is 10.9. The van der Waals surface area contributed by atoms with Crippen LogP contribution in [0, 0.1) is 5.92 Å². The summed E-state index contributed by atoms with van der Waals surface area (Å²) in [4.78, 5) is 22.4. The second kappa shape index (κ2) is 5.50. The van der Waals surface area contributed by atoms with Crippen molar-refractivity contribution in [2.24, 2.45) is 5.92 Å². The first-order chi connectivity index (χ1) is 7.09. The van der Waals surface area contributed by atoms with Crippen molar-refractivity contribution in [1.29, 1.82) is 0 Å². The van der Waals surface area contributed by atoms with Crippen molar-refractivity contribution in [2.45, 2.75) is 13.3 Å². The molecule has 0 fully saturated rings. The predicted molar refractivity (Wildman–Crippen MR) is 55.8 cm³/mol. The van der Waals surface area contributed by atoms with Crippen LogP contribution in [-0.4, -0.2) is 23.7 Å². The van der Waals surface area contributed by atoms with Crippen LogP contribution in [0.1, 0.15) is 11.8 Å². The fourth-order valence-corrected chi connectivity index (χ4v) is 1.89. The molecule has 82 valence electrons. The molecule has 1 aromatic heterocycles. The molecule has 0 saturated heterocycles. The summed E-state index contributed by atoms with van der Waals surface area (Å²) in [6.45, 7) is 1.20. The van der Waals surface area contributed by atoms with Crippen molar-refractivity contribution in [3.63, 3.8) is 0 Å². The molecule has 0 radical (unpaired) electrons. The average molecular weight is 228 g/mol. The monoisotopic (exact) mass is 228 g/mol. The first-order valence-electron chi connectivity index (χ1n) is 4.48. The Morgan fingerprint density at radius 3 is 2.80 bits per heavy atom. The van der Waals surface area contributed by atoms with E-state index in [9.17, 15) is 9.59 Å². The van der Waals surface area contributed by atoms with E-state index in [0.29, 0.717) is 6.42 Å². The molecule has 1 atom stereocenters. The molecule has 15 heavy (non-hydrogen) atoms. The minimum Gasteiger partial charge on any atom is -0.481 e. The maximum Gasteiger partial charge on any atom is 0.310 e. The summed E-state index contributed by atoms with van der Waals surface area (Å²) < 4.78 is 4.70. The molecule has 0 aliphatic rings. The maximum absolute atomic E-state index is 10.9. The van der Waals surface area contributed by atoms with Crippen molar-refractivity contribution in [3.8, 4) is 0 Å². The Morgan fingerprint density at radius 2 is 2.33 bits per heavy atom. The van der Waals surface area contributed by atoms with Crippen molar-refractivity contribution < 1.29 is 19.4 Å². The lowest BCUT2D eigenvalue weighted by atomic mass is 10.1. The summed E-state index contributed by atoms with van der Waals surface area (Å²) in [5, 5.41) is 10.8. The lowest BCUT2D eigenvalue weighted by Gasteiger charge is -2.10. The Bertz CT molecular complexity index is 331. The number of rotatable bonds is 5. The number of carbonyl (C=O) groups is 2. The summed E-state index contributed by atoms with van der Waals surface area (Å²) >= 11 is 1.50. The molecule has 4 nitrogen and oxygen atoms in total. The molecule has 0 amide bonds. The number of thiophene rings is 1. The summed E-state index contributed by atoms with van der Waals surface area (Å²) in [6, 6.07) is 3.74. The van der Waals surface area contributed by atoms with Gasteiger partial charge < -0.3 is 9.84 Å². The molecule has 0 bridgehead atoms. The molecule has 5 heteroatoms. The Morgan fingerprint density at radius 1 is 1.60 bits per heavy atom. The van der Waals surface area contributed by atoms with Crippen LogP contribution in [0.4, 0.5) is 0 Å². The topological polar surface area (TPSA) is 63.6 Å². The van der Waals surface area contributed by atoms with E-state index in [-0.39, 0.29) is 6.61 Å². The number of carbonyl (C=O) groups excluding carboxylic acids is 1. The highest BCUT2D eigenvalue weighted by Gasteiger charge is 2.19. The fraction of sp³-hybridized carbons (Fsp3) is 0.400. The Labute approximate surface area is 91.5 Å². The lowest BCUT2D eigenvalue weighted by molar-refractivity contribution is -0.149. The van der Waals surface area contributed by atoms with Crippen molar-refractivity contribution >= 4 is 23.3 Å². The molecule has 1 aromatic rings. The van der Waals surface area contributed by atoms with Crippen LogP contribution in [0.2, 0.25) is 0 Å². The lowest BCUT2D eigenvalue weighted by Crippen LogP contribution is -2.23. The second-order valence-electron chi connectivity index (χ2n) is 3.12. The van der Waals surface area contributed by atoms with Crippen LogP contribution < -0.4 is 0 Å². The van der Waals surface area contributed by atoms with Crippen molar-refractivity contribution in [1.82, 2.24) is 0 Å². The van der Waals surface area contributed by atoms with Crippen LogP contribution in [-0.2, 0) is 20.7 Å². The SMILES string of the molecule is CC(=O)OCC(Cc1cccs1)C(=O)O. The van der Waals surface area contributed by atoms with Gasteiger partial charge in [-0.15, -0.1) is 11.3 Å². The van der Waals surface area contributed by atoms with Crippen molar-refractivity contribution in [2.75, 3.05) is 6.61 Å². The second-order valence-corrected chi connectivity index (χ2v) is 4.15. The van der Waals surface area contributed by atoms with Crippen LogP contribution in [0.5, 0.6) is 0 Å². The highest BCUT2D eigenvalue weighted by atomic mass is 32.1. The van der Waals surface area contributed by atoms with Gasteiger partial charge in [0.1, 0.15) is 6.61 Å². The van der Waals surface area contributed by atoms with Crippen molar-refractivity contribution in [3.05, 3.63) is 22.4 Å². The van der Waals surface area contributed by atoms with Gasteiger partial charge in [-0.3, -0.25) is 9.59 Å². The van der Waals surface area contributed by atoms with E-state index < -0.39 is 17.9 Å². The number of carboxylic acids is 1. The highest BCUT2D eigenvalue weighted by Crippen LogP contribution is 2.15. The number of carboxylic acid groups (broad SMARTS) is 1. The molecule has 1 rings (SSSR count). The zero-order valence-corrected chi connectivity index (χ0v) is 9.12. The Balaban J connectivity index is 2.51. The zero-order valence-electron chi connectivity index (χ0n) is 8.30. The Kier molecular flexibility index (Phi) is 4.30. The first-order valence-corrected chi connectivity index (χ1v) is 5.36. The van der Waals surface area contributed by atoms with Gasteiger partial charge in [0.15, 0.2) is 0 Å². The van der Waals surface area contributed by atoms with Crippen LogP contribution in [0.25, 0.3) is 0 Å². The molecule has 0 aliphatic carbocycles. The van der Waals surface area contributed by atoms with E-state index in [1.807, 2.05) is 17.5 Å². The van der Waals surface area contributed by atoms with Gasteiger partial charge in [0.25, 0.3) is 0 Å². The Hall–Kier alpha value is -1.36. The van der Waals surface area contributed by atoms with Gasteiger partial charge in [0.05, 0.1) is 5.92 Å². The van der Waals surface area contributed by atoms with E-state index in [1.54, 1.807) is 0 Å². The quantitative estimate of drug-likeness (QED) is 0.777. The minimum absolute atomic E-state index is 0.0669. The number of esters is 1. The smallest absolute Gasteiger partial charge is 0.310 e. The third kappa shape index (κ3) is 4.12. The predicted octanol–water partition coefficient (Wildman–Crippen LogP) is 1.55. The molecule has 1 N–H and O–H groups in total. The molecule has 1 heterocycles. The summed E-state index contributed by atoms with van der Waals surface area (Å²) in [5.74, 6) is -2.05. The van der Waals surface area contributed by atoms with Gasteiger partial charge >= 0.3 is 11.9 Å². The number of aliphatic carboxylic acids is 1. The highest BCUT2D eigenvalue weighted by molar-refractivity contribution is 7.09. The van der Waals surface area contributed by atoms with Gasteiger partial charge in [-0.05, 0) is 17.9 Å². The van der Waals surface area contributed by atoms with E-state index in [0.717, 1.165) is 4.88 Å². The summed E-state index contributed by atoms with van der Waals surface area (Å²) in [6.07, 6.45) is 0.403. The van der Waals surface area contributed by atoms with Gasteiger partial charge in [-0.25, -0.2) is 0 Å². The number of hydrogen-bond acceptors (Lipinski definition) is 4. The summed E-state index contributed by atoms with van der Waals surface area (Å²) in [7, 11) is 0. The average Bonchev–Trinajstić information content (AvgIpc) is 2.63. The first kappa shape index (κ1) is 11.7. The standard InChI is InChI=1S/C10H12O4S/c1-7(11)14-6-8(10(12)13)5-9-3-2-4-15-9/h2-4,8H,5-6H2,1H3,(H,12,13). The number of hydrogen-bond donors (Lipinski definition) is 1. The summed E-state index contributed by atoms with van der Waals surface area (Å²) in [5.41, 5.74) is 0. The zero-order chi connectivity index (χ0) is 11.3. The molecule has 0 spiro atoms. The third-order valence-corrected chi connectivity index (χ3v) is 2.76. The van der Waals surface area contributed by atoms with E-state index in [2.05, 4.69) is 0 Å². The van der Waals surface area contributed by atoms with Crippen LogP contribution in [0.3, 0.4) is 0 Å². The van der Waals surface area contributed by atoms with E-state index in [1.165, 1.54) is 18.3 Å². The van der Waals surface area contributed by atoms with Gasteiger partial charge in [-0.1, -0.05) is 6.07 Å². The molecular formula is C10H12O4S. The number of ether oxygens (including phenoxy) is 1. The molecule has 0 aliphatic heterocycles. The van der Waals surface area contributed by atoms with Gasteiger partial charge in [0, 0.05) is 11.8 Å². The normalized spacial score (nSPS) is 12.1. The minimum atomic E-state index is -0.940. The van der Waals surface area contributed by atoms with Gasteiger partial charge in [-0.2, -0.15) is 0 Å².